The molecule has 5 heterocycles. The predicted octanol–water partition coefficient (Wildman–Crippen LogP) is 5.20. The average molecular weight is 587 g/mol. The number of oxazole rings is 1. The van der Waals surface area contributed by atoms with Gasteiger partial charge in [-0.3, -0.25) is 14.5 Å². The smallest absolute Gasteiger partial charge is 0.234 e. The Kier molecular flexibility index (Phi) is 7.13. The van der Waals surface area contributed by atoms with Gasteiger partial charge in [0.1, 0.15) is 17.7 Å². The number of nitriles is 1. The van der Waals surface area contributed by atoms with Gasteiger partial charge in [-0.1, -0.05) is 18.2 Å². The van der Waals surface area contributed by atoms with Crippen molar-refractivity contribution in [3.05, 3.63) is 96.7 Å². The number of anilines is 2. The highest BCUT2D eigenvalue weighted by Crippen LogP contribution is 2.33. The number of likely N-dealkylation sites (tertiary alicyclic amines) is 1. The molecule has 0 aliphatic carbocycles. The Balaban J connectivity index is 1.12. The van der Waals surface area contributed by atoms with E-state index >= 15 is 0 Å². The molecular weight excluding hydrogens is 559 g/mol. The lowest BCUT2D eigenvalue weighted by Crippen LogP contribution is -2.38. The Hall–Kier alpha value is -5.67. The average Bonchev–Trinajstić information content (AvgIpc) is 3.65. The second-order valence-electron chi connectivity index (χ2n) is 10.6. The van der Waals surface area contributed by atoms with Crippen LogP contribution >= 0.6 is 0 Å². The summed E-state index contributed by atoms with van der Waals surface area (Å²) in [6.45, 7) is 2.71. The third kappa shape index (κ3) is 5.44. The van der Waals surface area contributed by atoms with Crippen molar-refractivity contribution in [2.24, 2.45) is 0 Å². The highest BCUT2D eigenvalue weighted by atomic mass is 19.1. The molecule has 0 spiro atoms. The highest BCUT2D eigenvalue weighted by Gasteiger charge is 2.22. The molecule has 1 saturated heterocycles. The number of imidazole rings is 1. The van der Waals surface area contributed by atoms with E-state index in [1.807, 2.05) is 28.8 Å². The van der Waals surface area contributed by atoms with Gasteiger partial charge in [-0.25, -0.2) is 19.3 Å². The SMILES string of the molecule is N#Cc1nccc(NC2CCN(Cc3ccc(-n4c(-c5ocnc5N)nc5ccc(-c6ccc(F)cn6)cc54)cc3)CC2)n1. The minimum Gasteiger partial charge on any atom is -0.438 e. The maximum absolute atomic E-state index is 13.5. The molecule has 44 heavy (non-hydrogen) atoms. The lowest BCUT2D eigenvalue weighted by Gasteiger charge is -2.32. The van der Waals surface area contributed by atoms with Crippen LogP contribution in [0.25, 0.3) is 39.6 Å². The lowest BCUT2D eigenvalue weighted by molar-refractivity contribution is 0.211. The first kappa shape index (κ1) is 27.2. The molecular formula is C32H27FN10O. The number of pyridine rings is 1. The van der Waals surface area contributed by atoms with Gasteiger partial charge >= 0.3 is 0 Å². The van der Waals surface area contributed by atoms with Gasteiger partial charge in [0.25, 0.3) is 0 Å². The van der Waals surface area contributed by atoms with Crippen molar-refractivity contribution in [3.8, 4) is 34.6 Å². The van der Waals surface area contributed by atoms with Crippen molar-refractivity contribution in [2.45, 2.75) is 25.4 Å². The maximum Gasteiger partial charge on any atom is 0.234 e. The molecule has 7 rings (SSSR count). The van der Waals surface area contributed by atoms with Gasteiger partial charge < -0.3 is 15.5 Å². The van der Waals surface area contributed by atoms with E-state index in [1.165, 1.54) is 24.2 Å². The van der Waals surface area contributed by atoms with E-state index in [0.717, 1.165) is 54.8 Å². The number of nitrogen functional groups attached to an aromatic ring is 1. The van der Waals surface area contributed by atoms with Crippen LogP contribution in [-0.4, -0.2) is 53.5 Å². The lowest BCUT2D eigenvalue weighted by atomic mass is 10.0. The van der Waals surface area contributed by atoms with Crippen molar-refractivity contribution in [2.75, 3.05) is 24.1 Å². The Morgan fingerprint density at radius 2 is 1.84 bits per heavy atom. The summed E-state index contributed by atoms with van der Waals surface area (Å²) in [6, 6.07) is 21.3. The van der Waals surface area contributed by atoms with E-state index in [2.05, 4.69) is 54.4 Å². The summed E-state index contributed by atoms with van der Waals surface area (Å²) in [4.78, 5) is 23.8. The second kappa shape index (κ2) is 11.5. The number of aromatic nitrogens is 6. The normalized spacial score (nSPS) is 14.1. The standard InChI is InChI=1S/C32H27FN10O/c33-22-4-8-25(37-17-22)21-3-7-26-27(15-21)43(32(40-26)30-31(35)38-19-44-30)24-5-1-20(2-6-24)18-42-13-10-23(11-14-42)39-28-9-12-36-29(16-34)41-28/h1-9,12,15,17,19,23H,10-11,13-14,18,35H2,(H,36,39,41). The van der Waals surface area contributed by atoms with Crippen LogP contribution in [0.15, 0.2) is 83.9 Å². The number of nitrogens with zero attached hydrogens (tertiary/aromatic N) is 8. The van der Waals surface area contributed by atoms with Crippen LogP contribution in [0.3, 0.4) is 0 Å². The zero-order chi connectivity index (χ0) is 30.0. The van der Waals surface area contributed by atoms with Gasteiger partial charge in [0.2, 0.25) is 11.6 Å². The summed E-state index contributed by atoms with van der Waals surface area (Å²) < 4.78 is 21.2. The van der Waals surface area contributed by atoms with Gasteiger partial charge in [-0.15, -0.1) is 0 Å². The highest BCUT2D eigenvalue weighted by molar-refractivity contribution is 5.87. The number of fused-ring (bicyclic) bond motifs is 1. The van der Waals surface area contributed by atoms with Gasteiger partial charge in [0.05, 0.1) is 22.9 Å². The molecule has 0 bridgehead atoms. The van der Waals surface area contributed by atoms with Crippen LogP contribution in [0.2, 0.25) is 0 Å². The molecule has 2 aromatic carbocycles. The first-order valence-electron chi connectivity index (χ1n) is 14.2. The Morgan fingerprint density at radius 1 is 1.00 bits per heavy atom. The number of nitrogens with two attached hydrogens (primary N) is 1. The molecule has 1 fully saturated rings. The molecule has 3 N–H and O–H groups in total. The van der Waals surface area contributed by atoms with Crippen molar-refractivity contribution in [1.82, 2.24) is 34.4 Å². The molecule has 1 aliphatic rings. The van der Waals surface area contributed by atoms with E-state index in [1.54, 1.807) is 18.3 Å². The summed E-state index contributed by atoms with van der Waals surface area (Å²) in [7, 11) is 0. The maximum atomic E-state index is 13.5. The molecule has 0 radical (unpaired) electrons. The van der Waals surface area contributed by atoms with Gasteiger partial charge in [-0.2, -0.15) is 10.2 Å². The van der Waals surface area contributed by atoms with Crippen molar-refractivity contribution < 1.29 is 8.81 Å². The van der Waals surface area contributed by atoms with Crippen LogP contribution in [-0.2, 0) is 6.54 Å². The molecule has 4 aromatic heterocycles. The topological polar surface area (TPSA) is 148 Å². The molecule has 0 atom stereocenters. The molecule has 0 amide bonds. The number of nitrogens with one attached hydrogen (secondary N) is 1. The van der Waals surface area contributed by atoms with Crippen LogP contribution in [0, 0.1) is 17.1 Å². The zero-order valence-electron chi connectivity index (χ0n) is 23.6. The molecule has 0 unspecified atom stereocenters. The molecule has 1 aliphatic heterocycles. The summed E-state index contributed by atoms with van der Waals surface area (Å²) >= 11 is 0. The number of benzene rings is 2. The van der Waals surface area contributed by atoms with E-state index < -0.39 is 0 Å². The third-order valence-electron chi connectivity index (χ3n) is 7.77. The van der Waals surface area contributed by atoms with Crippen molar-refractivity contribution in [3.63, 3.8) is 0 Å². The number of hydrogen-bond acceptors (Lipinski definition) is 10. The Morgan fingerprint density at radius 3 is 2.57 bits per heavy atom. The van der Waals surface area contributed by atoms with Gasteiger partial charge in [0, 0.05) is 43.1 Å². The predicted molar refractivity (Wildman–Crippen MR) is 163 cm³/mol. The van der Waals surface area contributed by atoms with E-state index in [9.17, 15) is 4.39 Å². The van der Waals surface area contributed by atoms with Crippen LogP contribution < -0.4 is 11.1 Å². The number of rotatable bonds is 7. The summed E-state index contributed by atoms with van der Waals surface area (Å²) in [5.74, 6) is 1.63. The number of piperidine rings is 1. The fourth-order valence-electron chi connectivity index (χ4n) is 5.56. The first-order chi connectivity index (χ1) is 21.5. The van der Waals surface area contributed by atoms with Crippen molar-refractivity contribution in [1.29, 1.82) is 5.26 Å². The van der Waals surface area contributed by atoms with Crippen LogP contribution in [0.4, 0.5) is 16.0 Å². The quantitative estimate of drug-likeness (QED) is 0.256. The second-order valence-corrected chi connectivity index (χ2v) is 10.6. The fourth-order valence-corrected chi connectivity index (χ4v) is 5.56. The summed E-state index contributed by atoms with van der Waals surface area (Å²) in [5.41, 5.74) is 11.3. The molecule has 0 saturated carbocycles. The fraction of sp³-hybridized carbons (Fsp3) is 0.188. The van der Waals surface area contributed by atoms with Gasteiger partial charge in [-0.05, 0) is 60.9 Å². The minimum absolute atomic E-state index is 0.168. The Labute approximate surface area is 251 Å². The largest absolute Gasteiger partial charge is 0.438 e. The van der Waals surface area contributed by atoms with Crippen LogP contribution in [0.1, 0.15) is 24.2 Å². The first-order valence-corrected chi connectivity index (χ1v) is 14.2. The van der Waals surface area contributed by atoms with E-state index in [0.29, 0.717) is 29.1 Å². The van der Waals surface area contributed by atoms with E-state index in [-0.39, 0.29) is 17.5 Å². The van der Waals surface area contributed by atoms with Crippen molar-refractivity contribution >= 4 is 22.7 Å². The monoisotopic (exact) mass is 586 g/mol. The minimum atomic E-state index is -0.388. The van der Waals surface area contributed by atoms with E-state index in [4.69, 9.17) is 20.4 Å². The molecule has 12 heteroatoms. The number of halogens is 1. The Bertz CT molecular complexity index is 1970. The third-order valence-corrected chi connectivity index (χ3v) is 7.77. The molecule has 6 aromatic rings. The summed E-state index contributed by atoms with van der Waals surface area (Å²) in [6.07, 6.45) is 6.06. The summed E-state index contributed by atoms with van der Waals surface area (Å²) in [5, 5.41) is 12.5. The van der Waals surface area contributed by atoms with Crippen LogP contribution in [0.5, 0.6) is 0 Å². The molecule has 218 valence electrons. The zero-order valence-corrected chi connectivity index (χ0v) is 23.6. The number of hydrogen-bond donors (Lipinski definition) is 2. The molecule has 11 nitrogen and oxygen atoms in total. The van der Waals surface area contributed by atoms with Gasteiger partial charge in [0.15, 0.2) is 18.0 Å².